The number of benzene rings is 2. The van der Waals surface area contributed by atoms with Gasteiger partial charge >= 0.3 is 0 Å². The molecule has 6 nitrogen and oxygen atoms in total. The van der Waals surface area contributed by atoms with E-state index in [2.05, 4.69) is 10.6 Å². The lowest BCUT2D eigenvalue weighted by Crippen LogP contribution is -2.41. The number of para-hydroxylation sites is 1. The van der Waals surface area contributed by atoms with Crippen LogP contribution < -0.4 is 15.7 Å². The fourth-order valence-electron chi connectivity index (χ4n) is 3.22. The van der Waals surface area contributed by atoms with E-state index >= 15 is 0 Å². The standard InChI is InChI=1S/C22H22N2O4/c1-14-10-12-15(13-11-14)23-21(26)18-8-4-5-9-19(18)24-20(25)16-6-2-3-7-17(16)22(27)28/h2-5,8-13,16-17H,6-7H2,1H3,(H,23,26)(H,24,25)(H,27,28)/p-1/t16-,17-/m0/s1. The van der Waals surface area contributed by atoms with Crippen LogP contribution in [0, 0.1) is 18.8 Å². The molecular formula is C22H21N2O4-. The van der Waals surface area contributed by atoms with Gasteiger partial charge in [0.15, 0.2) is 0 Å². The molecule has 2 aromatic carbocycles. The summed E-state index contributed by atoms with van der Waals surface area (Å²) < 4.78 is 0. The molecule has 0 radical (unpaired) electrons. The predicted molar refractivity (Wildman–Crippen MR) is 105 cm³/mol. The van der Waals surface area contributed by atoms with Gasteiger partial charge in [0, 0.05) is 17.6 Å². The van der Waals surface area contributed by atoms with E-state index in [1.807, 2.05) is 19.1 Å². The molecule has 0 spiro atoms. The minimum absolute atomic E-state index is 0.260. The van der Waals surface area contributed by atoms with E-state index in [1.54, 1.807) is 48.6 Å². The number of hydrogen-bond acceptors (Lipinski definition) is 4. The third kappa shape index (κ3) is 4.46. The molecule has 1 aliphatic carbocycles. The fourth-order valence-corrected chi connectivity index (χ4v) is 3.22. The van der Waals surface area contributed by atoms with Crippen molar-refractivity contribution in [2.24, 2.45) is 11.8 Å². The molecule has 144 valence electrons. The average molecular weight is 377 g/mol. The van der Waals surface area contributed by atoms with Gasteiger partial charge in [0.25, 0.3) is 5.91 Å². The highest BCUT2D eigenvalue weighted by Crippen LogP contribution is 2.27. The van der Waals surface area contributed by atoms with Crippen LogP contribution in [-0.4, -0.2) is 17.8 Å². The lowest BCUT2D eigenvalue weighted by atomic mass is 9.82. The normalized spacial score (nSPS) is 18.3. The number of carboxylic acid groups (broad SMARTS) is 1. The lowest BCUT2D eigenvalue weighted by Gasteiger charge is -2.28. The van der Waals surface area contributed by atoms with Crippen molar-refractivity contribution in [3.8, 4) is 0 Å². The molecule has 1 aliphatic rings. The predicted octanol–water partition coefficient (Wildman–Crippen LogP) is 2.52. The number of rotatable bonds is 5. The van der Waals surface area contributed by atoms with E-state index < -0.39 is 23.7 Å². The minimum atomic E-state index is -1.24. The third-order valence-electron chi connectivity index (χ3n) is 4.81. The molecule has 0 saturated heterocycles. The second-order valence-corrected chi connectivity index (χ2v) is 6.83. The Morgan fingerprint density at radius 2 is 1.54 bits per heavy atom. The molecule has 0 unspecified atom stereocenters. The van der Waals surface area contributed by atoms with Crippen LogP contribution in [-0.2, 0) is 9.59 Å². The number of amides is 2. The van der Waals surface area contributed by atoms with Gasteiger partial charge in [-0.25, -0.2) is 0 Å². The van der Waals surface area contributed by atoms with Crippen LogP contribution in [0.25, 0.3) is 0 Å². The van der Waals surface area contributed by atoms with Gasteiger partial charge in [-0.05, 0) is 44.0 Å². The quantitative estimate of drug-likeness (QED) is 0.782. The van der Waals surface area contributed by atoms with Crippen molar-refractivity contribution < 1.29 is 19.5 Å². The number of hydrogen-bond donors (Lipinski definition) is 2. The molecule has 0 aromatic heterocycles. The lowest BCUT2D eigenvalue weighted by molar-refractivity contribution is -0.313. The van der Waals surface area contributed by atoms with Gasteiger partial charge in [-0.3, -0.25) is 9.59 Å². The molecule has 2 N–H and O–H groups in total. The van der Waals surface area contributed by atoms with Crippen molar-refractivity contribution >= 4 is 29.2 Å². The first-order chi connectivity index (χ1) is 13.5. The monoisotopic (exact) mass is 377 g/mol. The SMILES string of the molecule is Cc1ccc(NC(=O)c2ccccc2NC(=O)[C@H]2CC=CC[C@@H]2C(=O)[O-])cc1. The van der Waals surface area contributed by atoms with Crippen LogP contribution >= 0.6 is 0 Å². The Balaban J connectivity index is 1.77. The van der Waals surface area contributed by atoms with E-state index in [1.165, 1.54) is 0 Å². The van der Waals surface area contributed by atoms with Gasteiger partial charge in [-0.1, -0.05) is 42.0 Å². The average Bonchev–Trinajstić information content (AvgIpc) is 2.70. The van der Waals surface area contributed by atoms with Crippen molar-refractivity contribution in [1.29, 1.82) is 0 Å². The summed E-state index contributed by atoms with van der Waals surface area (Å²) in [5.41, 5.74) is 2.36. The van der Waals surface area contributed by atoms with Crippen LogP contribution in [0.5, 0.6) is 0 Å². The van der Waals surface area contributed by atoms with Gasteiger partial charge in [-0.15, -0.1) is 0 Å². The summed E-state index contributed by atoms with van der Waals surface area (Å²) in [5.74, 6) is -3.65. The minimum Gasteiger partial charge on any atom is -0.550 e. The number of anilines is 2. The van der Waals surface area contributed by atoms with Gasteiger partial charge in [0.05, 0.1) is 17.2 Å². The molecule has 3 rings (SSSR count). The van der Waals surface area contributed by atoms with Gasteiger partial charge in [0.2, 0.25) is 5.91 Å². The highest BCUT2D eigenvalue weighted by molar-refractivity contribution is 6.10. The number of aryl methyl sites for hydroxylation is 1. The Bertz CT molecular complexity index is 918. The van der Waals surface area contributed by atoms with E-state index in [0.717, 1.165) is 5.56 Å². The van der Waals surface area contributed by atoms with Crippen LogP contribution in [0.15, 0.2) is 60.7 Å². The highest BCUT2D eigenvalue weighted by Gasteiger charge is 2.30. The largest absolute Gasteiger partial charge is 0.550 e. The highest BCUT2D eigenvalue weighted by atomic mass is 16.4. The van der Waals surface area contributed by atoms with Crippen LogP contribution in [0.3, 0.4) is 0 Å². The third-order valence-corrected chi connectivity index (χ3v) is 4.81. The molecule has 0 bridgehead atoms. The Morgan fingerprint density at radius 3 is 2.21 bits per heavy atom. The molecular weight excluding hydrogens is 356 g/mol. The zero-order valence-electron chi connectivity index (χ0n) is 15.5. The number of carbonyl (C=O) groups is 3. The number of carbonyl (C=O) groups excluding carboxylic acids is 3. The molecule has 2 amide bonds. The van der Waals surface area contributed by atoms with Crippen molar-refractivity contribution in [2.75, 3.05) is 10.6 Å². The van der Waals surface area contributed by atoms with Gasteiger partial charge in [-0.2, -0.15) is 0 Å². The van der Waals surface area contributed by atoms with Crippen LogP contribution in [0.4, 0.5) is 11.4 Å². The first-order valence-corrected chi connectivity index (χ1v) is 9.09. The summed E-state index contributed by atoms with van der Waals surface area (Å²) in [5, 5.41) is 16.9. The molecule has 2 aromatic rings. The Labute approximate surface area is 163 Å². The first kappa shape index (κ1) is 19.4. The number of carboxylic acids is 1. The maximum absolute atomic E-state index is 12.7. The number of aliphatic carboxylic acids is 1. The number of nitrogens with one attached hydrogen (secondary N) is 2. The topological polar surface area (TPSA) is 98.3 Å². The van der Waals surface area contributed by atoms with Crippen molar-refractivity contribution in [3.63, 3.8) is 0 Å². The summed E-state index contributed by atoms with van der Waals surface area (Å²) in [6, 6.07) is 14.0. The molecule has 0 saturated carbocycles. The van der Waals surface area contributed by atoms with E-state index in [-0.39, 0.29) is 12.3 Å². The molecule has 0 fully saturated rings. The molecule has 0 heterocycles. The van der Waals surface area contributed by atoms with Crippen molar-refractivity contribution in [2.45, 2.75) is 19.8 Å². The molecule has 0 aliphatic heterocycles. The summed E-state index contributed by atoms with van der Waals surface area (Å²) in [4.78, 5) is 36.7. The summed E-state index contributed by atoms with van der Waals surface area (Å²) in [6.07, 6.45) is 4.12. The Hall–Kier alpha value is -3.41. The summed E-state index contributed by atoms with van der Waals surface area (Å²) >= 11 is 0. The second-order valence-electron chi connectivity index (χ2n) is 6.83. The zero-order chi connectivity index (χ0) is 20.1. The van der Waals surface area contributed by atoms with E-state index in [0.29, 0.717) is 23.4 Å². The van der Waals surface area contributed by atoms with Crippen LogP contribution in [0.2, 0.25) is 0 Å². The Morgan fingerprint density at radius 1 is 0.893 bits per heavy atom. The van der Waals surface area contributed by atoms with Gasteiger partial charge < -0.3 is 20.5 Å². The molecule has 2 atom stereocenters. The van der Waals surface area contributed by atoms with Gasteiger partial charge in [0.1, 0.15) is 0 Å². The maximum atomic E-state index is 12.7. The first-order valence-electron chi connectivity index (χ1n) is 9.09. The Kier molecular flexibility index (Phi) is 5.89. The van der Waals surface area contributed by atoms with Crippen LogP contribution in [0.1, 0.15) is 28.8 Å². The summed E-state index contributed by atoms with van der Waals surface area (Å²) in [7, 11) is 0. The fraction of sp³-hybridized carbons (Fsp3) is 0.227. The molecule has 28 heavy (non-hydrogen) atoms. The zero-order valence-corrected chi connectivity index (χ0v) is 15.5. The van der Waals surface area contributed by atoms with E-state index in [4.69, 9.17) is 0 Å². The number of allylic oxidation sites excluding steroid dienone is 2. The second kappa shape index (κ2) is 8.52. The smallest absolute Gasteiger partial charge is 0.257 e. The molecule has 6 heteroatoms. The van der Waals surface area contributed by atoms with Crippen molar-refractivity contribution in [3.05, 3.63) is 71.8 Å². The maximum Gasteiger partial charge on any atom is 0.257 e. The van der Waals surface area contributed by atoms with Crippen molar-refractivity contribution in [1.82, 2.24) is 0 Å². The van der Waals surface area contributed by atoms with E-state index in [9.17, 15) is 19.5 Å². The summed E-state index contributed by atoms with van der Waals surface area (Å²) in [6.45, 7) is 1.96.